The van der Waals surface area contributed by atoms with Gasteiger partial charge in [0.05, 0.1) is 12.1 Å². The van der Waals surface area contributed by atoms with Crippen molar-refractivity contribution in [2.24, 2.45) is 0 Å². The normalized spacial score (nSPS) is 16.5. The number of hydrogen-bond acceptors (Lipinski definition) is 3. The highest BCUT2D eigenvalue weighted by Gasteiger charge is 2.37. The fourth-order valence-corrected chi connectivity index (χ4v) is 3.37. The lowest BCUT2D eigenvalue weighted by Crippen LogP contribution is -2.28. The van der Waals surface area contributed by atoms with Crippen LogP contribution in [0.4, 0.5) is 24.5 Å². The quantitative estimate of drug-likeness (QED) is 0.836. The zero-order valence-corrected chi connectivity index (χ0v) is 15.4. The molecule has 1 atom stereocenters. The van der Waals surface area contributed by atoms with E-state index >= 15 is 0 Å². The first-order valence-electron chi connectivity index (χ1n) is 8.69. The molecule has 2 aromatic rings. The molecule has 28 heavy (non-hydrogen) atoms. The monoisotopic (exact) mass is 391 g/mol. The number of hydrogen-bond donors (Lipinski definition) is 2. The summed E-state index contributed by atoms with van der Waals surface area (Å²) in [7, 11) is 3.52. The molecule has 2 N–H and O–H groups in total. The van der Waals surface area contributed by atoms with Gasteiger partial charge in [-0.1, -0.05) is 24.3 Å². The minimum Gasteiger partial charge on any atom is -0.326 e. The lowest BCUT2D eigenvalue weighted by molar-refractivity contribution is -0.138. The summed E-state index contributed by atoms with van der Waals surface area (Å²) in [5.74, 6) is -1.31. The number of carbonyl (C=O) groups excluding carboxylic acids is 2. The van der Waals surface area contributed by atoms with Gasteiger partial charge in [-0.05, 0) is 43.4 Å². The molecule has 2 aromatic carbocycles. The van der Waals surface area contributed by atoms with Crippen molar-refractivity contribution in [2.45, 2.75) is 18.5 Å². The van der Waals surface area contributed by atoms with Gasteiger partial charge in [0.15, 0.2) is 0 Å². The number of nitrogens with one attached hydrogen (secondary N) is 2. The van der Waals surface area contributed by atoms with Crippen molar-refractivity contribution in [3.63, 3.8) is 0 Å². The van der Waals surface area contributed by atoms with Crippen LogP contribution in [-0.2, 0) is 15.8 Å². The van der Waals surface area contributed by atoms with Gasteiger partial charge < -0.3 is 15.5 Å². The van der Waals surface area contributed by atoms with E-state index in [0.717, 1.165) is 6.07 Å². The largest absolute Gasteiger partial charge is 0.416 e. The average Bonchev–Trinajstić information content (AvgIpc) is 2.59. The Kier molecular flexibility index (Phi) is 5.42. The summed E-state index contributed by atoms with van der Waals surface area (Å²) >= 11 is 0. The van der Waals surface area contributed by atoms with Crippen LogP contribution >= 0.6 is 0 Å². The van der Waals surface area contributed by atoms with Crippen LogP contribution in [-0.4, -0.2) is 37.4 Å². The van der Waals surface area contributed by atoms with Gasteiger partial charge in [-0.15, -0.1) is 0 Å². The van der Waals surface area contributed by atoms with E-state index in [1.807, 2.05) is 0 Å². The van der Waals surface area contributed by atoms with Crippen molar-refractivity contribution in [3.8, 4) is 0 Å². The van der Waals surface area contributed by atoms with Crippen molar-refractivity contribution < 1.29 is 22.8 Å². The second-order valence-electron chi connectivity index (χ2n) is 6.98. The summed E-state index contributed by atoms with van der Waals surface area (Å²) in [5, 5.41) is 5.41. The Morgan fingerprint density at radius 1 is 1.18 bits per heavy atom. The summed E-state index contributed by atoms with van der Waals surface area (Å²) < 4.78 is 40.3. The topological polar surface area (TPSA) is 61.4 Å². The molecule has 1 heterocycles. The third kappa shape index (κ3) is 4.33. The third-order valence-corrected chi connectivity index (χ3v) is 4.48. The van der Waals surface area contributed by atoms with Crippen LogP contribution in [0.5, 0.6) is 0 Å². The first kappa shape index (κ1) is 19.9. The van der Waals surface area contributed by atoms with E-state index in [1.54, 1.807) is 37.2 Å². The number of benzene rings is 2. The Morgan fingerprint density at radius 2 is 1.89 bits per heavy atom. The summed E-state index contributed by atoms with van der Waals surface area (Å²) in [4.78, 5) is 25.8. The van der Waals surface area contributed by atoms with Crippen LogP contribution in [0.3, 0.4) is 0 Å². The van der Waals surface area contributed by atoms with Crippen molar-refractivity contribution in [2.75, 3.05) is 31.3 Å². The fourth-order valence-electron chi connectivity index (χ4n) is 3.37. The minimum absolute atomic E-state index is 0.0653. The Bertz CT molecular complexity index is 910. The van der Waals surface area contributed by atoms with Crippen LogP contribution in [0.1, 0.15) is 29.0 Å². The van der Waals surface area contributed by atoms with E-state index < -0.39 is 17.7 Å². The number of carbonyl (C=O) groups is 2. The Morgan fingerprint density at radius 3 is 2.57 bits per heavy atom. The lowest BCUT2D eigenvalue weighted by Gasteiger charge is -2.28. The molecule has 2 amide bonds. The van der Waals surface area contributed by atoms with Crippen molar-refractivity contribution in [1.29, 1.82) is 0 Å². The number of amides is 2. The second kappa shape index (κ2) is 7.63. The van der Waals surface area contributed by atoms with Gasteiger partial charge in [-0.2, -0.15) is 13.2 Å². The van der Waals surface area contributed by atoms with Gasteiger partial charge >= 0.3 is 6.18 Å². The molecule has 0 unspecified atom stereocenters. The summed E-state index contributed by atoms with van der Waals surface area (Å²) in [6, 6.07) is 10.2. The Hall–Kier alpha value is -2.87. The van der Waals surface area contributed by atoms with Crippen LogP contribution < -0.4 is 10.6 Å². The molecule has 0 spiro atoms. The molecule has 0 aromatic heterocycles. The molecular formula is C20H20F3N3O2. The SMILES string of the molecule is CN(C)CC(=O)Nc1ccc2c(c1)NC(=O)C[C@@H]2c1ccccc1C(F)(F)F. The van der Waals surface area contributed by atoms with Gasteiger partial charge in [0.1, 0.15) is 0 Å². The maximum absolute atomic E-state index is 13.4. The maximum atomic E-state index is 13.4. The van der Waals surface area contributed by atoms with Gasteiger partial charge in [0.25, 0.3) is 0 Å². The van der Waals surface area contributed by atoms with E-state index in [2.05, 4.69) is 10.6 Å². The molecule has 0 aliphatic carbocycles. The predicted octanol–water partition coefficient (Wildman–Crippen LogP) is 3.68. The highest BCUT2D eigenvalue weighted by Crippen LogP contribution is 2.43. The van der Waals surface area contributed by atoms with Crippen LogP contribution in [0, 0.1) is 0 Å². The lowest BCUT2D eigenvalue weighted by atomic mass is 9.82. The second-order valence-corrected chi connectivity index (χ2v) is 6.98. The van der Waals surface area contributed by atoms with Crippen LogP contribution in [0.2, 0.25) is 0 Å². The molecular weight excluding hydrogens is 371 g/mol. The standard InChI is InChI=1S/C20H20F3N3O2/c1-26(2)11-19(28)24-12-7-8-14-15(10-18(27)25-17(14)9-12)13-5-3-4-6-16(13)20(21,22)23/h3-9,15H,10-11H2,1-2H3,(H,24,28)(H,25,27)/t15-/m1/s1. The number of anilines is 2. The number of nitrogens with zero attached hydrogens (tertiary/aromatic N) is 1. The summed E-state index contributed by atoms with van der Waals surface area (Å²) in [5.41, 5.74) is 0.776. The fraction of sp³-hybridized carbons (Fsp3) is 0.300. The van der Waals surface area contributed by atoms with E-state index in [4.69, 9.17) is 0 Å². The first-order valence-corrected chi connectivity index (χ1v) is 8.69. The molecule has 0 fully saturated rings. The number of alkyl halides is 3. The van der Waals surface area contributed by atoms with Gasteiger partial charge in [0.2, 0.25) is 11.8 Å². The summed E-state index contributed by atoms with van der Waals surface area (Å²) in [6.07, 6.45) is -4.59. The Balaban J connectivity index is 1.97. The number of likely N-dealkylation sites (N-methyl/N-ethyl adjacent to an activating group) is 1. The average molecular weight is 391 g/mol. The highest BCUT2D eigenvalue weighted by molar-refractivity contribution is 5.98. The molecule has 0 saturated carbocycles. The van der Waals surface area contributed by atoms with E-state index in [-0.39, 0.29) is 30.3 Å². The molecule has 1 aliphatic heterocycles. The first-order chi connectivity index (χ1) is 13.1. The molecule has 0 radical (unpaired) electrons. The van der Waals surface area contributed by atoms with Crippen molar-refractivity contribution >= 4 is 23.2 Å². The van der Waals surface area contributed by atoms with Gasteiger partial charge in [0, 0.05) is 23.7 Å². The van der Waals surface area contributed by atoms with E-state index in [1.165, 1.54) is 18.2 Å². The number of fused-ring (bicyclic) bond motifs is 1. The molecule has 148 valence electrons. The minimum atomic E-state index is -4.51. The Labute approximate surface area is 160 Å². The smallest absolute Gasteiger partial charge is 0.326 e. The predicted molar refractivity (Wildman–Crippen MR) is 100 cm³/mol. The van der Waals surface area contributed by atoms with Crippen LogP contribution in [0.15, 0.2) is 42.5 Å². The summed E-state index contributed by atoms with van der Waals surface area (Å²) in [6.45, 7) is 0.186. The zero-order chi connectivity index (χ0) is 20.5. The molecule has 0 bridgehead atoms. The van der Waals surface area contributed by atoms with Crippen molar-refractivity contribution in [3.05, 3.63) is 59.2 Å². The molecule has 0 saturated heterocycles. The molecule has 1 aliphatic rings. The molecule has 8 heteroatoms. The van der Waals surface area contributed by atoms with Gasteiger partial charge in [-0.3, -0.25) is 9.59 Å². The van der Waals surface area contributed by atoms with E-state index in [9.17, 15) is 22.8 Å². The van der Waals surface area contributed by atoms with Crippen LogP contribution in [0.25, 0.3) is 0 Å². The molecule has 3 rings (SSSR count). The highest BCUT2D eigenvalue weighted by atomic mass is 19.4. The number of halogens is 3. The third-order valence-electron chi connectivity index (χ3n) is 4.48. The van der Waals surface area contributed by atoms with E-state index in [0.29, 0.717) is 16.9 Å². The maximum Gasteiger partial charge on any atom is 0.416 e. The zero-order valence-electron chi connectivity index (χ0n) is 15.4. The van der Waals surface area contributed by atoms with Crippen molar-refractivity contribution in [1.82, 2.24) is 4.90 Å². The number of rotatable bonds is 4. The molecule has 5 nitrogen and oxygen atoms in total. The van der Waals surface area contributed by atoms with Gasteiger partial charge in [-0.25, -0.2) is 0 Å².